The number of carbonyl (C=O) groups is 4. The summed E-state index contributed by atoms with van der Waals surface area (Å²) < 4.78 is 78.0. The van der Waals surface area contributed by atoms with Gasteiger partial charge in [-0.15, -0.1) is 29.1 Å². The Balaban J connectivity index is 0.000000166. The summed E-state index contributed by atoms with van der Waals surface area (Å²) in [5.74, 6) is 41.0. The van der Waals surface area contributed by atoms with E-state index in [0.29, 0.717) is 66.5 Å². The Morgan fingerprint density at radius 2 is 1.01 bits per heavy atom. The van der Waals surface area contributed by atoms with Crippen molar-refractivity contribution in [2.24, 2.45) is 17.6 Å². The van der Waals surface area contributed by atoms with Gasteiger partial charge in [-0.25, -0.2) is 24.4 Å². The highest BCUT2D eigenvalue weighted by Gasteiger charge is 2.36. The maximum Gasteiger partial charge on any atom is 0.443 e. The van der Waals surface area contributed by atoms with E-state index in [1.807, 2.05) is 54.6 Å². The summed E-state index contributed by atoms with van der Waals surface area (Å²) in [6.07, 6.45) is 33.2. The van der Waals surface area contributed by atoms with Crippen molar-refractivity contribution in [1.29, 1.82) is 0 Å². The number of carbonyl (C=O) groups excluding carboxylic acids is 2. The fourth-order valence-electron chi connectivity index (χ4n) is 12.8. The second-order valence-corrected chi connectivity index (χ2v) is 27.1. The number of esters is 1. The number of ether oxygens (including phenoxy) is 1. The van der Waals surface area contributed by atoms with Crippen molar-refractivity contribution in [1.82, 2.24) is 15.3 Å². The van der Waals surface area contributed by atoms with Gasteiger partial charge in [0, 0.05) is 34.3 Å². The zero-order chi connectivity index (χ0) is 76.6. The van der Waals surface area contributed by atoms with E-state index in [1.165, 1.54) is 146 Å². The molecule has 5 N–H and O–H groups in total. The molecule has 11 nitrogen and oxygen atoms in total. The lowest BCUT2D eigenvalue weighted by atomic mass is 9.81. The number of allylic oxidation sites excluding steroid dienone is 9. The van der Waals surface area contributed by atoms with E-state index in [4.69, 9.17) is 22.4 Å². The molecule has 6 aromatic rings. The molecule has 0 spiro atoms. The lowest BCUT2D eigenvalue weighted by Gasteiger charge is -2.23. The van der Waals surface area contributed by atoms with Crippen LogP contribution in [0.2, 0.25) is 0 Å². The molecule has 107 heavy (non-hydrogen) atoms. The molecule has 2 fully saturated rings. The normalized spacial score (nSPS) is 14.3. The lowest BCUT2D eigenvalue weighted by molar-refractivity contribution is -0.138. The number of terminal acetylenes is 1. The van der Waals surface area contributed by atoms with Gasteiger partial charge in [0.15, 0.2) is 10.0 Å². The van der Waals surface area contributed by atoms with Crippen LogP contribution in [0.15, 0.2) is 121 Å². The molecule has 7 aliphatic carbocycles. The van der Waals surface area contributed by atoms with Gasteiger partial charge >= 0.3 is 30.3 Å². The van der Waals surface area contributed by atoms with Gasteiger partial charge in [0.05, 0.1) is 30.3 Å². The minimum atomic E-state index is -4.45. The van der Waals surface area contributed by atoms with Gasteiger partial charge in [-0.2, -0.15) is 26.3 Å². The first-order chi connectivity index (χ1) is 51.7. The number of nitrogens with one attached hydrogen (secondary N) is 1. The average molecular weight is 1480 g/mol. The number of rotatable bonds is 10. The number of thiazole rings is 2. The predicted octanol–water partition coefficient (Wildman–Crippen LogP) is 17.7. The van der Waals surface area contributed by atoms with Gasteiger partial charge in [-0.3, -0.25) is 4.79 Å². The molecule has 19 heteroatoms. The topological polar surface area (TPSA) is 182 Å². The van der Waals surface area contributed by atoms with Crippen LogP contribution in [0.4, 0.5) is 26.3 Å². The molecule has 2 saturated carbocycles. The number of alkyl halides is 6. The molecule has 0 atom stereocenters. The lowest BCUT2D eigenvalue weighted by Crippen LogP contribution is -2.22. The smallest absolute Gasteiger partial charge is 0.443 e. The number of hydrogen-bond donors (Lipinski definition) is 4. The van der Waals surface area contributed by atoms with Crippen molar-refractivity contribution in [2.75, 3.05) is 7.11 Å². The maximum absolute atomic E-state index is 12.6. The number of aromatic nitrogens is 2. The van der Waals surface area contributed by atoms with Gasteiger partial charge in [-0.05, 0) is 306 Å². The Morgan fingerprint density at radius 1 is 0.551 bits per heavy atom. The second kappa shape index (κ2) is 41.1. The standard InChI is InChI=1S/C21H21F3N2OS.C19H4.C16H18O2.C16H16O2.C11H10O2.C5H5F3N2S/c22-21(23,24)20-26-12-16(28-20)11-25-19(27)15-7-9-18-14(10-15)6-8-17(18)13-4-2-1-3-5-13;1-3-5-7-9-11-13-15-17-19-18-16-14-12-10-8-6-4-2;2*17-16(18)13-7-9-15-12(10-13)6-8-14(15)11-4-2-1-3-5-11;1-13-11(12)10-6-5-8-3-2-4-9(8)7-10;6-5(7,8)4-10-2-3(1-9)11-4/h7-10,12-13H,1-6,11H2,(H,25,27);1H,2H3;7-11H,1-6H2,(H,17,18);4,7-10H,1-3,5-6H2,(H,17,18);2-3,5-7H,4H2,1H3;2H,1,9H2. The summed E-state index contributed by atoms with van der Waals surface area (Å²) in [7, 11) is 1.40. The Kier molecular flexibility index (Phi) is 31.1. The Hall–Kier alpha value is -11.7. The zero-order valence-electron chi connectivity index (χ0n) is 58.9. The van der Waals surface area contributed by atoms with E-state index >= 15 is 0 Å². The number of aromatic carboxylic acids is 2. The molecule has 542 valence electrons. The highest BCUT2D eigenvalue weighted by atomic mass is 32.1. The maximum atomic E-state index is 12.6. The Labute approximate surface area is 628 Å². The minimum absolute atomic E-state index is 0.0369. The Bertz CT molecular complexity index is 5060. The quantitative estimate of drug-likeness (QED) is 0.0585. The van der Waals surface area contributed by atoms with Crippen LogP contribution in [-0.2, 0) is 55.9 Å². The van der Waals surface area contributed by atoms with Gasteiger partial charge in [0.1, 0.15) is 0 Å². The number of carboxylic acid groups (broad SMARTS) is 2. The largest absolute Gasteiger partial charge is 0.478 e. The highest BCUT2D eigenvalue weighted by molar-refractivity contribution is 7.12. The van der Waals surface area contributed by atoms with Crippen LogP contribution in [0.3, 0.4) is 0 Å². The number of benzene rings is 4. The number of nitrogens with two attached hydrogens (primary N) is 1. The van der Waals surface area contributed by atoms with Crippen molar-refractivity contribution < 1.29 is 60.5 Å². The molecular formula is C88H74F6N4O7S2. The fourth-order valence-corrected chi connectivity index (χ4v) is 14.2. The van der Waals surface area contributed by atoms with E-state index in [-0.39, 0.29) is 25.0 Å². The third-order valence-electron chi connectivity index (χ3n) is 17.8. The van der Waals surface area contributed by atoms with E-state index < -0.39 is 34.3 Å². The SMILES string of the molecule is C#CC#CC#CC#CC#CC#CC#CC#CC#CC.COC(=O)c1ccc2c(c1)CC=C2.NCc1cnc(C(F)(F)F)s1.O=C(NCc1cnc(C(F)(F)F)s1)c1ccc2c(c1)CC=C2C1CCCCC1.O=C(O)c1ccc2c(c1)CC=C2C1=CCCCC1.O=C(O)c1ccc2c(c1)CC=C2C1CCCCC1. The van der Waals surface area contributed by atoms with Crippen LogP contribution >= 0.6 is 22.7 Å². The average Bonchev–Trinajstić information content (AvgIpc) is 1.67. The van der Waals surface area contributed by atoms with Crippen LogP contribution in [0.5, 0.6) is 0 Å². The number of methoxy groups -OCH3 is 1. The molecule has 7 aliphatic rings. The molecule has 0 saturated heterocycles. The van der Waals surface area contributed by atoms with Crippen LogP contribution < -0.4 is 11.1 Å². The number of nitrogens with zero attached hydrogens (tertiary/aromatic N) is 2. The second-order valence-electron chi connectivity index (χ2n) is 24.8. The summed E-state index contributed by atoms with van der Waals surface area (Å²) in [5.41, 5.74) is 22.4. The van der Waals surface area contributed by atoms with Crippen molar-refractivity contribution in [2.45, 2.75) is 148 Å². The first-order valence-electron chi connectivity index (χ1n) is 34.6. The number of halogens is 6. The number of amides is 1. The Morgan fingerprint density at radius 3 is 1.48 bits per heavy atom. The molecular weight excluding hydrogens is 1400 g/mol. The summed E-state index contributed by atoms with van der Waals surface area (Å²) in [6.45, 7) is 1.84. The van der Waals surface area contributed by atoms with Crippen LogP contribution in [0, 0.1) is 119 Å². The first kappa shape index (κ1) is 81.0. The van der Waals surface area contributed by atoms with Gasteiger partial charge in [0.25, 0.3) is 5.91 Å². The summed E-state index contributed by atoms with van der Waals surface area (Å²) >= 11 is 1.13. The summed E-state index contributed by atoms with van der Waals surface area (Å²) in [6, 6.07) is 22.4. The van der Waals surface area contributed by atoms with E-state index in [9.17, 15) is 45.5 Å². The number of hydrogen-bond acceptors (Lipinski definition) is 10. The van der Waals surface area contributed by atoms with E-state index in [1.54, 1.807) is 25.1 Å². The van der Waals surface area contributed by atoms with Gasteiger partial charge in [-0.1, -0.05) is 105 Å². The van der Waals surface area contributed by atoms with Gasteiger partial charge in [0.2, 0.25) is 0 Å². The molecule has 2 heterocycles. The molecule has 13 rings (SSSR count). The van der Waals surface area contributed by atoms with Crippen molar-refractivity contribution in [3.8, 4) is 107 Å². The minimum Gasteiger partial charge on any atom is -0.478 e. The van der Waals surface area contributed by atoms with Crippen LogP contribution in [0.1, 0.15) is 203 Å². The van der Waals surface area contributed by atoms with Crippen LogP contribution in [-0.4, -0.2) is 51.1 Å². The number of carboxylic acids is 2. The highest BCUT2D eigenvalue weighted by Crippen LogP contribution is 2.43. The molecule has 4 aromatic carbocycles. The monoisotopic (exact) mass is 1480 g/mol. The van der Waals surface area contributed by atoms with E-state index in [0.717, 1.165) is 55.6 Å². The molecule has 1 amide bonds. The molecule has 0 aliphatic heterocycles. The summed E-state index contributed by atoms with van der Waals surface area (Å²) in [5, 5.41) is 19.0. The predicted molar refractivity (Wildman–Crippen MR) is 409 cm³/mol. The molecule has 2 aromatic heterocycles. The van der Waals surface area contributed by atoms with Crippen LogP contribution in [0.25, 0.3) is 22.8 Å². The van der Waals surface area contributed by atoms with Crippen molar-refractivity contribution in [3.63, 3.8) is 0 Å². The zero-order valence-corrected chi connectivity index (χ0v) is 60.5. The third-order valence-corrected chi connectivity index (χ3v) is 19.9. The van der Waals surface area contributed by atoms with E-state index in [2.05, 4.69) is 157 Å². The molecule has 0 radical (unpaired) electrons. The number of fused-ring (bicyclic) bond motifs is 4. The molecule has 0 bridgehead atoms. The molecule has 0 unspecified atom stereocenters. The van der Waals surface area contributed by atoms with Crippen molar-refractivity contribution in [3.05, 3.63) is 208 Å². The fraction of sp³-hybridized carbons (Fsp3) is 0.295. The van der Waals surface area contributed by atoms with Gasteiger partial charge < -0.3 is 26.0 Å². The third kappa shape index (κ3) is 24.7. The summed E-state index contributed by atoms with van der Waals surface area (Å²) in [4.78, 5) is 52.9. The first-order valence-corrected chi connectivity index (χ1v) is 36.3. The van der Waals surface area contributed by atoms with Crippen molar-refractivity contribution >= 4 is 69.3 Å².